The van der Waals surface area contributed by atoms with Crippen molar-refractivity contribution in [3.05, 3.63) is 42.5 Å². The molecule has 0 unspecified atom stereocenters. The largest absolute Gasteiger partial charge is 0.353 e. The molecule has 1 aromatic carbocycles. The van der Waals surface area contributed by atoms with Crippen LogP contribution in [0.2, 0.25) is 0 Å². The molecule has 0 aliphatic carbocycles. The van der Waals surface area contributed by atoms with Gasteiger partial charge < -0.3 is 10.2 Å². The standard InChI is InChI=1S/C15H17N3O2/c1-3-9-17-15(20)8-10-18(12(2)19)14-7-5-4-6-13(14)11-16/h3-7H,1,8-10H2,2H3,(H,17,20). The molecular formula is C15H17N3O2. The van der Waals surface area contributed by atoms with Crippen molar-refractivity contribution in [3.63, 3.8) is 0 Å². The molecule has 0 aliphatic rings. The minimum Gasteiger partial charge on any atom is -0.353 e. The average molecular weight is 271 g/mol. The summed E-state index contributed by atoms with van der Waals surface area (Å²) in [7, 11) is 0. The van der Waals surface area contributed by atoms with Gasteiger partial charge in [-0.25, -0.2) is 0 Å². The molecule has 5 heteroatoms. The third kappa shape index (κ3) is 4.25. The number of rotatable bonds is 6. The summed E-state index contributed by atoms with van der Waals surface area (Å²) in [5.41, 5.74) is 0.938. The summed E-state index contributed by atoms with van der Waals surface area (Å²) in [5.74, 6) is -0.366. The van der Waals surface area contributed by atoms with Gasteiger partial charge in [0.1, 0.15) is 6.07 Å². The van der Waals surface area contributed by atoms with Crippen LogP contribution in [0.3, 0.4) is 0 Å². The zero-order chi connectivity index (χ0) is 15.0. The molecular weight excluding hydrogens is 254 g/mol. The summed E-state index contributed by atoms with van der Waals surface area (Å²) >= 11 is 0. The fourth-order valence-corrected chi connectivity index (χ4v) is 1.74. The Hall–Kier alpha value is -2.61. The van der Waals surface area contributed by atoms with Gasteiger partial charge in [-0.2, -0.15) is 5.26 Å². The van der Waals surface area contributed by atoms with E-state index in [-0.39, 0.29) is 24.8 Å². The quantitative estimate of drug-likeness (QED) is 0.799. The molecule has 0 spiro atoms. The fraction of sp³-hybridized carbons (Fsp3) is 0.267. The van der Waals surface area contributed by atoms with Crippen LogP contribution in [0.4, 0.5) is 5.69 Å². The third-order valence-corrected chi connectivity index (χ3v) is 2.70. The van der Waals surface area contributed by atoms with Gasteiger partial charge in [-0.15, -0.1) is 6.58 Å². The molecule has 0 saturated carbocycles. The number of para-hydroxylation sites is 1. The lowest BCUT2D eigenvalue weighted by atomic mass is 10.1. The van der Waals surface area contributed by atoms with E-state index in [1.54, 1.807) is 30.3 Å². The van der Waals surface area contributed by atoms with Crippen molar-refractivity contribution in [2.75, 3.05) is 18.0 Å². The van der Waals surface area contributed by atoms with Gasteiger partial charge in [0.05, 0.1) is 11.3 Å². The molecule has 0 heterocycles. The van der Waals surface area contributed by atoms with Gasteiger partial charge in [0.15, 0.2) is 0 Å². The number of amides is 2. The van der Waals surface area contributed by atoms with Crippen molar-refractivity contribution >= 4 is 17.5 Å². The molecule has 0 bridgehead atoms. The number of nitrogens with one attached hydrogen (secondary N) is 1. The topological polar surface area (TPSA) is 73.2 Å². The van der Waals surface area contributed by atoms with Crippen LogP contribution in [-0.4, -0.2) is 24.9 Å². The van der Waals surface area contributed by atoms with E-state index in [9.17, 15) is 9.59 Å². The van der Waals surface area contributed by atoms with Gasteiger partial charge in [0, 0.05) is 26.4 Å². The first-order valence-corrected chi connectivity index (χ1v) is 6.25. The van der Waals surface area contributed by atoms with Crippen LogP contribution >= 0.6 is 0 Å². The minimum absolute atomic E-state index is 0.161. The Kier molecular flexibility index (Phi) is 5.98. The summed E-state index contributed by atoms with van der Waals surface area (Å²) < 4.78 is 0. The molecule has 0 saturated heterocycles. The van der Waals surface area contributed by atoms with Crippen LogP contribution in [0.25, 0.3) is 0 Å². The summed E-state index contributed by atoms with van der Waals surface area (Å²) in [6.07, 6.45) is 1.76. The second-order valence-electron chi connectivity index (χ2n) is 4.14. The highest BCUT2D eigenvalue weighted by Gasteiger charge is 2.16. The first kappa shape index (κ1) is 15.4. The number of nitriles is 1. The Labute approximate surface area is 118 Å². The normalized spacial score (nSPS) is 9.40. The molecule has 1 aromatic rings. The van der Waals surface area contributed by atoms with Gasteiger partial charge in [-0.1, -0.05) is 18.2 Å². The van der Waals surface area contributed by atoms with Crippen LogP contribution in [0, 0.1) is 11.3 Å². The van der Waals surface area contributed by atoms with Gasteiger partial charge in [-0.3, -0.25) is 9.59 Å². The number of carbonyl (C=O) groups is 2. The van der Waals surface area contributed by atoms with Gasteiger partial charge >= 0.3 is 0 Å². The summed E-state index contributed by atoms with van der Waals surface area (Å²) in [6, 6.07) is 8.87. The maximum absolute atomic E-state index is 11.7. The molecule has 1 N–H and O–H groups in total. The van der Waals surface area contributed by atoms with Crippen molar-refractivity contribution in [2.24, 2.45) is 0 Å². The molecule has 0 atom stereocenters. The van der Waals surface area contributed by atoms with Gasteiger partial charge in [0.2, 0.25) is 11.8 Å². The Morgan fingerprint density at radius 2 is 2.15 bits per heavy atom. The molecule has 0 radical (unpaired) electrons. The maximum atomic E-state index is 11.7. The predicted molar refractivity (Wildman–Crippen MR) is 77.0 cm³/mol. The van der Waals surface area contributed by atoms with E-state index in [0.717, 1.165) is 0 Å². The number of nitrogens with zero attached hydrogens (tertiary/aromatic N) is 2. The van der Waals surface area contributed by atoms with Crippen LogP contribution in [0.15, 0.2) is 36.9 Å². The second kappa shape index (κ2) is 7.74. The second-order valence-corrected chi connectivity index (χ2v) is 4.14. The number of benzene rings is 1. The number of hydrogen-bond donors (Lipinski definition) is 1. The highest BCUT2D eigenvalue weighted by atomic mass is 16.2. The van der Waals surface area contributed by atoms with Crippen molar-refractivity contribution in [1.82, 2.24) is 5.32 Å². The van der Waals surface area contributed by atoms with Crippen LogP contribution in [0.1, 0.15) is 18.9 Å². The molecule has 0 aliphatic heterocycles. The molecule has 104 valence electrons. The number of hydrogen-bond acceptors (Lipinski definition) is 3. The zero-order valence-corrected chi connectivity index (χ0v) is 11.4. The summed E-state index contributed by atoms with van der Waals surface area (Å²) in [4.78, 5) is 24.7. The zero-order valence-electron chi connectivity index (χ0n) is 11.4. The minimum atomic E-state index is -0.204. The van der Waals surface area contributed by atoms with E-state index in [0.29, 0.717) is 17.8 Å². The fourth-order valence-electron chi connectivity index (χ4n) is 1.74. The van der Waals surface area contributed by atoms with Gasteiger partial charge in [-0.05, 0) is 12.1 Å². The van der Waals surface area contributed by atoms with Crippen LogP contribution in [0.5, 0.6) is 0 Å². The van der Waals surface area contributed by atoms with E-state index < -0.39 is 0 Å². The smallest absolute Gasteiger partial charge is 0.223 e. The Morgan fingerprint density at radius 1 is 1.45 bits per heavy atom. The lowest BCUT2D eigenvalue weighted by Crippen LogP contribution is -2.34. The summed E-state index contributed by atoms with van der Waals surface area (Å²) in [6.45, 7) is 5.55. The highest BCUT2D eigenvalue weighted by molar-refractivity contribution is 5.93. The van der Waals surface area contributed by atoms with E-state index in [1.165, 1.54) is 11.8 Å². The van der Waals surface area contributed by atoms with Crippen molar-refractivity contribution in [1.29, 1.82) is 5.26 Å². The average Bonchev–Trinajstić information content (AvgIpc) is 2.45. The number of anilines is 1. The molecule has 20 heavy (non-hydrogen) atoms. The third-order valence-electron chi connectivity index (χ3n) is 2.70. The van der Waals surface area contributed by atoms with E-state index in [4.69, 9.17) is 5.26 Å². The SMILES string of the molecule is C=CCNC(=O)CCN(C(C)=O)c1ccccc1C#N. The molecule has 2 amide bonds. The van der Waals surface area contributed by atoms with E-state index in [1.807, 2.05) is 6.07 Å². The molecule has 1 rings (SSSR count). The number of carbonyl (C=O) groups excluding carboxylic acids is 2. The predicted octanol–water partition coefficient (Wildman–Crippen LogP) is 1.60. The van der Waals surface area contributed by atoms with Crippen molar-refractivity contribution in [3.8, 4) is 6.07 Å². The highest BCUT2D eigenvalue weighted by Crippen LogP contribution is 2.19. The first-order chi connectivity index (χ1) is 9.60. The van der Waals surface area contributed by atoms with Crippen LogP contribution < -0.4 is 10.2 Å². The molecule has 5 nitrogen and oxygen atoms in total. The lowest BCUT2D eigenvalue weighted by molar-refractivity contribution is -0.120. The Morgan fingerprint density at radius 3 is 2.75 bits per heavy atom. The summed E-state index contributed by atoms with van der Waals surface area (Å²) in [5, 5.41) is 11.7. The Balaban J connectivity index is 2.80. The van der Waals surface area contributed by atoms with Crippen LogP contribution in [-0.2, 0) is 9.59 Å². The lowest BCUT2D eigenvalue weighted by Gasteiger charge is -2.21. The maximum Gasteiger partial charge on any atom is 0.223 e. The Bertz CT molecular complexity index is 546. The molecule has 0 fully saturated rings. The van der Waals surface area contributed by atoms with E-state index in [2.05, 4.69) is 11.9 Å². The van der Waals surface area contributed by atoms with Crippen molar-refractivity contribution in [2.45, 2.75) is 13.3 Å². The van der Waals surface area contributed by atoms with Gasteiger partial charge in [0.25, 0.3) is 0 Å². The van der Waals surface area contributed by atoms with E-state index >= 15 is 0 Å². The monoisotopic (exact) mass is 271 g/mol. The molecule has 0 aromatic heterocycles. The van der Waals surface area contributed by atoms with Crippen molar-refractivity contribution < 1.29 is 9.59 Å². The first-order valence-electron chi connectivity index (χ1n) is 6.25.